The maximum atomic E-state index is 6.77. The summed E-state index contributed by atoms with van der Waals surface area (Å²) in [5.74, 6) is 1.79. The first-order valence-corrected chi connectivity index (χ1v) is 15.5. The number of piperidine rings is 1. The summed E-state index contributed by atoms with van der Waals surface area (Å²) in [5, 5.41) is 0.681. The van der Waals surface area contributed by atoms with Gasteiger partial charge in [-0.2, -0.15) is 0 Å². The van der Waals surface area contributed by atoms with E-state index in [0.29, 0.717) is 23.5 Å². The molecule has 3 nitrogen and oxygen atoms in total. The number of hydrogen-bond donors (Lipinski definition) is 0. The van der Waals surface area contributed by atoms with E-state index in [1.54, 1.807) is 11.9 Å². The van der Waals surface area contributed by atoms with E-state index in [0.717, 1.165) is 43.9 Å². The molecule has 0 N–H and O–H groups in total. The van der Waals surface area contributed by atoms with Gasteiger partial charge < -0.3 is 9.64 Å². The summed E-state index contributed by atoms with van der Waals surface area (Å²) in [4.78, 5) is 3.91. The molecule has 1 unspecified atom stereocenters. The van der Waals surface area contributed by atoms with E-state index < -0.39 is 0 Å². The van der Waals surface area contributed by atoms with Crippen LogP contribution >= 0.6 is 23.5 Å². The Bertz CT molecular complexity index is 1300. The van der Waals surface area contributed by atoms with Gasteiger partial charge in [0.2, 0.25) is 0 Å². The van der Waals surface area contributed by atoms with Gasteiger partial charge in [0.25, 0.3) is 0 Å². The van der Waals surface area contributed by atoms with Gasteiger partial charge in [-0.3, -0.25) is 0 Å². The lowest BCUT2D eigenvalue weighted by atomic mass is 9.89. The lowest BCUT2D eigenvalue weighted by Gasteiger charge is -2.33. The number of benzene rings is 4. The number of nitrogens with zero attached hydrogens (tertiary/aromatic N) is 2. The van der Waals surface area contributed by atoms with Crippen LogP contribution in [0.15, 0.2) is 114 Å². The summed E-state index contributed by atoms with van der Waals surface area (Å²) in [6.07, 6.45) is 3.56. The van der Waals surface area contributed by atoms with Crippen LogP contribution in [-0.2, 0) is 6.61 Å². The summed E-state index contributed by atoms with van der Waals surface area (Å²) in [7, 11) is 2.19. The molecule has 0 aromatic heterocycles. The summed E-state index contributed by atoms with van der Waals surface area (Å²) in [6, 6.07) is 38.2. The second-order valence-electron chi connectivity index (χ2n) is 10.7. The lowest BCUT2D eigenvalue weighted by molar-refractivity contribution is 0.203. The monoisotopic (exact) mass is 570 g/mol. The first kappa shape index (κ1) is 28.8. The number of ether oxygens (including phenoxy) is 1. The van der Waals surface area contributed by atoms with Crippen molar-refractivity contribution in [2.75, 3.05) is 33.2 Å². The van der Waals surface area contributed by atoms with Crippen LogP contribution < -0.4 is 4.74 Å². The van der Waals surface area contributed by atoms with Crippen LogP contribution in [0.25, 0.3) is 0 Å². The zero-order chi connectivity index (χ0) is 27.6. The van der Waals surface area contributed by atoms with Gasteiger partial charge in [0.15, 0.2) is 0 Å². The molecule has 4 aromatic rings. The molecule has 1 heterocycles. The van der Waals surface area contributed by atoms with E-state index in [-0.39, 0.29) is 0 Å². The molecule has 1 atom stereocenters. The Kier molecular flexibility index (Phi) is 10.6. The lowest BCUT2D eigenvalue weighted by Crippen LogP contribution is -2.35. The van der Waals surface area contributed by atoms with Crippen LogP contribution in [0.3, 0.4) is 0 Å². The van der Waals surface area contributed by atoms with Crippen LogP contribution in [0.4, 0.5) is 0 Å². The second kappa shape index (κ2) is 14.7. The molecule has 0 aliphatic carbocycles. The molecule has 0 saturated carbocycles. The fraction of sp³-hybridized carbons (Fsp3) is 0.314. The molecule has 40 heavy (non-hydrogen) atoms. The molecular weight excluding hydrogens is 532 g/mol. The zero-order valence-corrected chi connectivity index (χ0v) is 24.9. The van der Waals surface area contributed by atoms with Gasteiger partial charge in [-0.05, 0) is 111 Å². The highest BCUT2D eigenvalue weighted by Gasteiger charge is 2.23. The van der Waals surface area contributed by atoms with E-state index in [9.17, 15) is 0 Å². The molecule has 5 rings (SSSR count). The Morgan fingerprint density at radius 3 is 2.20 bits per heavy atom. The Labute approximate surface area is 249 Å². The Hall–Kier alpha value is -2.76. The molecule has 0 spiro atoms. The SMILES string of the molecule is CN(CC(CCN1CCC(c2ccccc2)CC1)c1ccc(OCc2ccccc2)c(Cl)c1)Sc1ccccc1. The van der Waals surface area contributed by atoms with Gasteiger partial charge in [-0.15, -0.1) is 0 Å². The number of rotatable bonds is 12. The Morgan fingerprint density at radius 1 is 0.875 bits per heavy atom. The molecule has 0 bridgehead atoms. The average molecular weight is 571 g/mol. The molecule has 1 fully saturated rings. The standard InChI is InChI=1S/C35H39ClN2OS/c1-37(40-33-15-9-4-10-16-33)26-32(21-24-38-22-19-30(20-23-38)29-13-7-3-8-14-29)31-17-18-35(34(36)25-31)39-27-28-11-5-2-6-12-28/h2-18,25,30,32H,19-24,26-27H2,1H3. The molecule has 0 amide bonds. The molecule has 208 valence electrons. The molecule has 5 heteroatoms. The number of likely N-dealkylation sites (N-methyl/N-ethyl adjacent to an activating group) is 1. The molecule has 1 aliphatic rings. The van der Waals surface area contributed by atoms with E-state index in [2.05, 4.69) is 101 Å². The van der Waals surface area contributed by atoms with Gasteiger partial charge in [0.05, 0.1) is 5.02 Å². The van der Waals surface area contributed by atoms with Crippen molar-refractivity contribution in [3.05, 3.63) is 131 Å². The molecule has 4 aromatic carbocycles. The van der Waals surface area contributed by atoms with Crippen LogP contribution in [0, 0.1) is 0 Å². The van der Waals surface area contributed by atoms with Crippen LogP contribution in [-0.4, -0.2) is 42.4 Å². The van der Waals surface area contributed by atoms with E-state index in [1.807, 2.05) is 24.3 Å². The molecule has 1 aliphatic heterocycles. The van der Waals surface area contributed by atoms with Crippen molar-refractivity contribution in [3.63, 3.8) is 0 Å². The van der Waals surface area contributed by atoms with Gasteiger partial charge in [-0.1, -0.05) is 96.5 Å². The van der Waals surface area contributed by atoms with Crippen molar-refractivity contribution < 1.29 is 4.74 Å². The van der Waals surface area contributed by atoms with Crippen molar-refractivity contribution >= 4 is 23.5 Å². The van der Waals surface area contributed by atoms with Crippen molar-refractivity contribution in [3.8, 4) is 5.75 Å². The molecule has 0 radical (unpaired) electrons. The maximum absolute atomic E-state index is 6.77. The third-order valence-electron chi connectivity index (χ3n) is 7.80. The van der Waals surface area contributed by atoms with Crippen molar-refractivity contribution in [2.45, 2.75) is 42.6 Å². The Balaban J connectivity index is 1.23. The first-order chi connectivity index (χ1) is 19.6. The fourth-order valence-corrected chi connectivity index (χ4v) is 6.69. The summed E-state index contributed by atoms with van der Waals surface area (Å²) < 4.78 is 8.42. The maximum Gasteiger partial charge on any atom is 0.138 e. The van der Waals surface area contributed by atoms with Crippen molar-refractivity contribution in [2.24, 2.45) is 0 Å². The van der Waals surface area contributed by atoms with Gasteiger partial charge in [0.1, 0.15) is 12.4 Å². The van der Waals surface area contributed by atoms with Gasteiger partial charge in [0, 0.05) is 11.4 Å². The quantitative estimate of drug-likeness (QED) is 0.158. The highest BCUT2D eigenvalue weighted by molar-refractivity contribution is 7.97. The molecular formula is C35H39ClN2OS. The number of likely N-dealkylation sites (tertiary alicyclic amines) is 1. The van der Waals surface area contributed by atoms with Crippen molar-refractivity contribution in [1.29, 1.82) is 0 Å². The summed E-state index contributed by atoms with van der Waals surface area (Å²) in [6.45, 7) is 4.88. The predicted octanol–water partition coefficient (Wildman–Crippen LogP) is 8.91. The highest BCUT2D eigenvalue weighted by atomic mass is 35.5. The second-order valence-corrected chi connectivity index (χ2v) is 12.4. The zero-order valence-electron chi connectivity index (χ0n) is 23.3. The van der Waals surface area contributed by atoms with Crippen LogP contribution in [0.1, 0.15) is 47.8 Å². The van der Waals surface area contributed by atoms with E-state index in [1.165, 1.54) is 28.9 Å². The highest BCUT2D eigenvalue weighted by Crippen LogP contribution is 2.34. The summed E-state index contributed by atoms with van der Waals surface area (Å²) >= 11 is 8.58. The van der Waals surface area contributed by atoms with Gasteiger partial charge >= 0.3 is 0 Å². The first-order valence-electron chi connectivity index (χ1n) is 14.3. The van der Waals surface area contributed by atoms with E-state index in [4.69, 9.17) is 16.3 Å². The smallest absolute Gasteiger partial charge is 0.138 e. The minimum atomic E-state index is 0.369. The summed E-state index contributed by atoms with van der Waals surface area (Å²) in [5.41, 5.74) is 3.90. The van der Waals surface area contributed by atoms with E-state index >= 15 is 0 Å². The Morgan fingerprint density at radius 2 is 1.52 bits per heavy atom. The normalized spacial score (nSPS) is 15.3. The van der Waals surface area contributed by atoms with Crippen LogP contribution in [0.2, 0.25) is 5.02 Å². The van der Waals surface area contributed by atoms with Crippen molar-refractivity contribution in [1.82, 2.24) is 9.21 Å². The largest absolute Gasteiger partial charge is 0.487 e. The predicted molar refractivity (Wildman–Crippen MR) is 169 cm³/mol. The van der Waals surface area contributed by atoms with Gasteiger partial charge in [-0.25, -0.2) is 4.31 Å². The van der Waals surface area contributed by atoms with Crippen LogP contribution in [0.5, 0.6) is 5.75 Å². The minimum absolute atomic E-state index is 0.369. The third kappa shape index (κ3) is 8.37. The molecule has 1 saturated heterocycles. The topological polar surface area (TPSA) is 15.7 Å². The number of halogens is 1. The average Bonchev–Trinajstić information content (AvgIpc) is 3.00. The minimum Gasteiger partial charge on any atom is -0.487 e. The number of hydrogen-bond acceptors (Lipinski definition) is 4. The fourth-order valence-electron chi connectivity index (χ4n) is 5.55. The third-order valence-corrected chi connectivity index (χ3v) is 9.04.